The van der Waals surface area contributed by atoms with Gasteiger partial charge in [-0.1, -0.05) is 74.2 Å². The first-order valence-corrected chi connectivity index (χ1v) is 9.30. The molecular formula is C20H19NOS2. The number of thioether (sulfide) groups is 1. The molecule has 0 bridgehead atoms. The number of aryl methyl sites for hydroxylation is 2. The van der Waals surface area contributed by atoms with Crippen molar-refractivity contribution >= 4 is 46.0 Å². The van der Waals surface area contributed by atoms with E-state index < -0.39 is 0 Å². The van der Waals surface area contributed by atoms with Crippen molar-refractivity contribution in [3.63, 3.8) is 0 Å². The fraction of sp³-hybridized carbons (Fsp3) is 0.200. The monoisotopic (exact) mass is 353 g/mol. The molecule has 1 aliphatic heterocycles. The Morgan fingerprint density at radius 3 is 2.04 bits per heavy atom. The van der Waals surface area contributed by atoms with Crippen LogP contribution in [0.4, 0.5) is 5.69 Å². The highest BCUT2D eigenvalue weighted by molar-refractivity contribution is 8.27. The maximum atomic E-state index is 12.7. The number of carbonyl (C=O) groups excluding carboxylic acids is 1. The molecule has 1 heterocycles. The molecule has 4 heteroatoms. The Kier molecular flexibility index (Phi) is 5.17. The number of anilines is 1. The molecule has 2 nitrogen and oxygen atoms in total. The summed E-state index contributed by atoms with van der Waals surface area (Å²) in [6.07, 6.45) is 3.90. The molecule has 2 aromatic carbocycles. The average Bonchev–Trinajstić information content (AvgIpc) is 2.89. The number of rotatable bonds is 4. The van der Waals surface area contributed by atoms with Crippen LogP contribution in [0, 0.1) is 0 Å². The van der Waals surface area contributed by atoms with Crippen LogP contribution in [0.15, 0.2) is 53.4 Å². The second kappa shape index (κ2) is 7.32. The van der Waals surface area contributed by atoms with Gasteiger partial charge < -0.3 is 0 Å². The summed E-state index contributed by atoms with van der Waals surface area (Å²) in [4.78, 5) is 15.0. The zero-order valence-electron chi connectivity index (χ0n) is 13.8. The minimum Gasteiger partial charge on any atom is -0.268 e. The second-order valence-corrected chi connectivity index (χ2v) is 7.31. The predicted molar refractivity (Wildman–Crippen MR) is 107 cm³/mol. The van der Waals surface area contributed by atoms with Crippen LogP contribution in [0.3, 0.4) is 0 Å². The van der Waals surface area contributed by atoms with Crippen molar-refractivity contribution in [2.75, 3.05) is 4.90 Å². The van der Waals surface area contributed by atoms with Gasteiger partial charge in [-0.2, -0.15) is 0 Å². The van der Waals surface area contributed by atoms with Crippen LogP contribution in [-0.2, 0) is 17.6 Å². The Labute approximate surface area is 152 Å². The topological polar surface area (TPSA) is 20.3 Å². The molecular weight excluding hydrogens is 334 g/mol. The largest absolute Gasteiger partial charge is 0.270 e. The second-order valence-electron chi connectivity index (χ2n) is 5.63. The van der Waals surface area contributed by atoms with E-state index in [-0.39, 0.29) is 5.91 Å². The molecule has 1 aliphatic rings. The van der Waals surface area contributed by atoms with Crippen molar-refractivity contribution in [1.29, 1.82) is 0 Å². The Hall–Kier alpha value is -1.91. The van der Waals surface area contributed by atoms with E-state index in [1.165, 1.54) is 22.9 Å². The molecule has 3 rings (SSSR count). The first-order chi connectivity index (χ1) is 11.6. The Morgan fingerprint density at radius 2 is 1.50 bits per heavy atom. The SMILES string of the molecule is CCc1ccc(C=C2SC(=S)N(c3ccc(CC)cc3)C2=O)cc1. The lowest BCUT2D eigenvalue weighted by atomic mass is 10.1. The molecule has 0 aliphatic carbocycles. The van der Waals surface area contributed by atoms with Gasteiger partial charge >= 0.3 is 0 Å². The molecule has 0 spiro atoms. The third kappa shape index (κ3) is 3.45. The first kappa shape index (κ1) is 16.9. The number of hydrogen-bond donors (Lipinski definition) is 0. The summed E-state index contributed by atoms with van der Waals surface area (Å²) < 4.78 is 0.584. The molecule has 1 fully saturated rings. The van der Waals surface area contributed by atoms with Gasteiger partial charge in [-0.15, -0.1) is 0 Å². The summed E-state index contributed by atoms with van der Waals surface area (Å²) in [7, 11) is 0. The zero-order valence-corrected chi connectivity index (χ0v) is 15.4. The van der Waals surface area contributed by atoms with Crippen molar-refractivity contribution < 1.29 is 4.79 Å². The van der Waals surface area contributed by atoms with E-state index in [9.17, 15) is 4.79 Å². The Bertz CT molecular complexity index is 791. The number of benzene rings is 2. The lowest BCUT2D eigenvalue weighted by molar-refractivity contribution is -0.113. The Morgan fingerprint density at radius 1 is 0.958 bits per heavy atom. The van der Waals surface area contributed by atoms with E-state index in [0.29, 0.717) is 9.23 Å². The molecule has 0 atom stereocenters. The lowest BCUT2D eigenvalue weighted by Gasteiger charge is -2.14. The van der Waals surface area contributed by atoms with Crippen LogP contribution in [0.1, 0.15) is 30.5 Å². The van der Waals surface area contributed by atoms with Gasteiger partial charge in [-0.25, -0.2) is 0 Å². The highest BCUT2D eigenvalue weighted by atomic mass is 32.2. The number of amides is 1. The minimum atomic E-state index is -0.0474. The zero-order chi connectivity index (χ0) is 17.1. The van der Waals surface area contributed by atoms with Gasteiger partial charge in [0.15, 0.2) is 4.32 Å². The van der Waals surface area contributed by atoms with Crippen LogP contribution in [0.25, 0.3) is 6.08 Å². The highest BCUT2D eigenvalue weighted by Crippen LogP contribution is 2.36. The van der Waals surface area contributed by atoms with E-state index in [1.54, 1.807) is 4.90 Å². The summed E-state index contributed by atoms with van der Waals surface area (Å²) in [6.45, 7) is 4.24. The summed E-state index contributed by atoms with van der Waals surface area (Å²) in [5.74, 6) is -0.0474. The quantitative estimate of drug-likeness (QED) is 0.555. The smallest absolute Gasteiger partial charge is 0.268 e. The van der Waals surface area contributed by atoms with Crippen molar-refractivity contribution in [1.82, 2.24) is 0 Å². The van der Waals surface area contributed by atoms with Crippen LogP contribution in [0.5, 0.6) is 0 Å². The van der Waals surface area contributed by atoms with E-state index >= 15 is 0 Å². The van der Waals surface area contributed by atoms with Gasteiger partial charge in [0.25, 0.3) is 5.91 Å². The average molecular weight is 354 g/mol. The van der Waals surface area contributed by atoms with E-state index in [2.05, 4.69) is 26.0 Å². The van der Waals surface area contributed by atoms with Gasteiger partial charge in [0.1, 0.15) is 0 Å². The fourth-order valence-corrected chi connectivity index (χ4v) is 3.87. The van der Waals surface area contributed by atoms with Crippen molar-refractivity contribution in [3.05, 3.63) is 70.1 Å². The molecule has 0 radical (unpaired) electrons. The lowest BCUT2D eigenvalue weighted by Crippen LogP contribution is -2.27. The highest BCUT2D eigenvalue weighted by Gasteiger charge is 2.33. The molecule has 1 amide bonds. The van der Waals surface area contributed by atoms with E-state index in [4.69, 9.17) is 12.2 Å². The van der Waals surface area contributed by atoms with Crippen molar-refractivity contribution in [2.24, 2.45) is 0 Å². The van der Waals surface area contributed by atoms with Crippen LogP contribution in [0.2, 0.25) is 0 Å². The van der Waals surface area contributed by atoms with Crippen LogP contribution in [-0.4, -0.2) is 10.2 Å². The maximum Gasteiger partial charge on any atom is 0.270 e. The maximum absolute atomic E-state index is 12.7. The molecule has 0 unspecified atom stereocenters. The summed E-state index contributed by atoms with van der Waals surface area (Å²) >= 11 is 6.78. The van der Waals surface area contributed by atoms with Gasteiger partial charge in [0, 0.05) is 0 Å². The molecule has 122 valence electrons. The van der Waals surface area contributed by atoms with Gasteiger partial charge in [0.05, 0.1) is 10.6 Å². The third-order valence-electron chi connectivity index (χ3n) is 4.08. The standard InChI is InChI=1S/C20H19NOS2/c1-3-14-5-7-16(8-6-14)13-18-19(22)21(20(23)24-18)17-11-9-15(4-2)10-12-17/h5-13H,3-4H2,1-2H3. The van der Waals surface area contributed by atoms with E-state index in [1.807, 2.05) is 42.5 Å². The number of thiocarbonyl (C=S) groups is 1. The molecule has 0 aromatic heterocycles. The van der Waals surface area contributed by atoms with Crippen LogP contribution >= 0.6 is 24.0 Å². The molecule has 1 saturated heterocycles. The fourth-order valence-electron chi connectivity index (χ4n) is 2.57. The van der Waals surface area contributed by atoms with Gasteiger partial charge in [-0.3, -0.25) is 9.69 Å². The van der Waals surface area contributed by atoms with Crippen LogP contribution < -0.4 is 4.90 Å². The minimum absolute atomic E-state index is 0.0474. The molecule has 24 heavy (non-hydrogen) atoms. The van der Waals surface area contributed by atoms with Crippen molar-refractivity contribution in [2.45, 2.75) is 26.7 Å². The summed E-state index contributed by atoms with van der Waals surface area (Å²) in [5, 5.41) is 0. The number of hydrogen-bond acceptors (Lipinski definition) is 3. The Balaban J connectivity index is 1.85. The van der Waals surface area contributed by atoms with Gasteiger partial charge in [-0.05, 0) is 47.7 Å². The first-order valence-electron chi connectivity index (χ1n) is 8.08. The normalized spacial score (nSPS) is 16.2. The summed E-state index contributed by atoms with van der Waals surface area (Å²) in [6, 6.07) is 16.3. The summed E-state index contributed by atoms with van der Waals surface area (Å²) in [5.41, 5.74) is 4.39. The van der Waals surface area contributed by atoms with Crippen molar-refractivity contribution in [3.8, 4) is 0 Å². The predicted octanol–water partition coefficient (Wildman–Crippen LogP) is 5.22. The van der Waals surface area contributed by atoms with Gasteiger partial charge in [0.2, 0.25) is 0 Å². The molecule has 0 N–H and O–H groups in total. The number of carbonyl (C=O) groups is 1. The molecule has 0 saturated carbocycles. The number of nitrogens with zero attached hydrogens (tertiary/aromatic N) is 1. The third-order valence-corrected chi connectivity index (χ3v) is 5.38. The van der Waals surface area contributed by atoms with E-state index in [0.717, 1.165) is 24.1 Å². The molecule has 2 aromatic rings.